The third-order valence-electron chi connectivity index (χ3n) is 5.15. The van der Waals surface area contributed by atoms with E-state index in [2.05, 4.69) is 63.8 Å². The molecule has 1 rings (SSSR count). The van der Waals surface area contributed by atoms with Crippen molar-refractivity contribution in [2.24, 2.45) is 5.41 Å². The van der Waals surface area contributed by atoms with Gasteiger partial charge in [-0.05, 0) is 58.8 Å². The molecule has 0 aliphatic heterocycles. The Bertz CT molecular complexity index is 288. The van der Waals surface area contributed by atoms with E-state index in [0.717, 1.165) is 19.6 Å². The topological polar surface area (TPSA) is 18.5 Å². The SMILES string of the molecule is CCCNC1C(N(CC)C(C)CN(C)C)CCCC1(C)C. The fourth-order valence-corrected chi connectivity index (χ4v) is 4.19. The van der Waals surface area contributed by atoms with Gasteiger partial charge in [0.25, 0.3) is 0 Å². The highest BCUT2D eigenvalue weighted by Gasteiger charge is 2.41. The van der Waals surface area contributed by atoms with Gasteiger partial charge in [-0.15, -0.1) is 0 Å². The fourth-order valence-electron chi connectivity index (χ4n) is 4.19. The van der Waals surface area contributed by atoms with Crippen LogP contribution in [-0.4, -0.2) is 61.7 Å². The molecule has 3 atom stereocenters. The summed E-state index contributed by atoms with van der Waals surface area (Å²) in [5.41, 5.74) is 0.406. The molecule has 1 N–H and O–H groups in total. The average Bonchev–Trinajstić information content (AvgIpc) is 2.37. The molecule has 1 aliphatic carbocycles. The highest BCUT2D eigenvalue weighted by molar-refractivity contribution is 4.99. The smallest absolute Gasteiger partial charge is 0.0274 e. The molecule has 0 radical (unpaired) electrons. The number of hydrogen-bond donors (Lipinski definition) is 1. The minimum absolute atomic E-state index is 0.406. The lowest BCUT2D eigenvalue weighted by molar-refractivity contribution is 0.0242. The highest BCUT2D eigenvalue weighted by Crippen LogP contribution is 2.38. The van der Waals surface area contributed by atoms with E-state index >= 15 is 0 Å². The first-order chi connectivity index (χ1) is 9.83. The van der Waals surface area contributed by atoms with E-state index in [-0.39, 0.29) is 0 Å². The molecular weight excluding hydrogens is 258 g/mol. The van der Waals surface area contributed by atoms with E-state index in [1.54, 1.807) is 0 Å². The predicted octanol–water partition coefficient (Wildman–Crippen LogP) is 3.21. The number of likely N-dealkylation sites (N-methyl/N-ethyl adjacent to an activating group) is 2. The molecule has 0 amide bonds. The van der Waals surface area contributed by atoms with Crippen molar-refractivity contribution >= 4 is 0 Å². The molecule has 0 aromatic carbocycles. The third kappa shape index (κ3) is 5.22. The van der Waals surface area contributed by atoms with Crippen LogP contribution in [0.4, 0.5) is 0 Å². The number of nitrogens with one attached hydrogen (secondary N) is 1. The molecule has 3 nitrogen and oxygen atoms in total. The van der Waals surface area contributed by atoms with Crippen molar-refractivity contribution in [1.82, 2.24) is 15.1 Å². The Morgan fingerprint density at radius 1 is 1.24 bits per heavy atom. The molecule has 1 aliphatic rings. The van der Waals surface area contributed by atoms with Crippen LogP contribution in [0.25, 0.3) is 0 Å². The van der Waals surface area contributed by atoms with E-state index in [9.17, 15) is 0 Å². The van der Waals surface area contributed by atoms with E-state index in [1.807, 2.05) is 0 Å². The fraction of sp³-hybridized carbons (Fsp3) is 1.00. The molecule has 3 heteroatoms. The summed E-state index contributed by atoms with van der Waals surface area (Å²) in [6, 6.07) is 1.92. The molecular formula is C18H39N3. The summed E-state index contributed by atoms with van der Waals surface area (Å²) in [4.78, 5) is 5.06. The van der Waals surface area contributed by atoms with Crippen LogP contribution in [0.1, 0.15) is 60.3 Å². The molecule has 0 bridgehead atoms. The zero-order chi connectivity index (χ0) is 16.0. The first-order valence-electron chi connectivity index (χ1n) is 8.97. The van der Waals surface area contributed by atoms with Crippen molar-refractivity contribution < 1.29 is 0 Å². The van der Waals surface area contributed by atoms with Gasteiger partial charge in [-0.2, -0.15) is 0 Å². The van der Waals surface area contributed by atoms with E-state index < -0.39 is 0 Å². The Morgan fingerprint density at radius 3 is 2.43 bits per heavy atom. The monoisotopic (exact) mass is 297 g/mol. The van der Waals surface area contributed by atoms with E-state index in [4.69, 9.17) is 0 Å². The molecule has 0 aromatic heterocycles. The first-order valence-corrected chi connectivity index (χ1v) is 8.97. The van der Waals surface area contributed by atoms with Gasteiger partial charge in [-0.25, -0.2) is 0 Å². The van der Waals surface area contributed by atoms with Gasteiger partial charge in [-0.3, -0.25) is 4.90 Å². The Labute approximate surface area is 133 Å². The quantitative estimate of drug-likeness (QED) is 0.742. The van der Waals surface area contributed by atoms with Crippen LogP contribution >= 0.6 is 0 Å². The van der Waals surface area contributed by atoms with Crippen LogP contribution in [0.15, 0.2) is 0 Å². The Morgan fingerprint density at radius 2 is 1.90 bits per heavy atom. The van der Waals surface area contributed by atoms with Crippen LogP contribution in [0, 0.1) is 5.41 Å². The lowest BCUT2D eigenvalue weighted by atomic mass is 9.70. The van der Waals surface area contributed by atoms with Crippen molar-refractivity contribution in [3.05, 3.63) is 0 Å². The second kappa shape index (κ2) is 8.50. The summed E-state index contributed by atoms with van der Waals surface area (Å²) in [6.45, 7) is 15.3. The first kappa shape index (κ1) is 18.9. The summed E-state index contributed by atoms with van der Waals surface area (Å²) in [5, 5.41) is 3.88. The third-order valence-corrected chi connectivity index (χ3v) is 5.15. The van der Waals surface area contributed by atoms with Gasteiger partial charge in [0.2, 0.25) is 0 Å². The minimum Gasteiger partial charge on any atom is -0.312 e. The van der Waals surface area contributed by atoms with Gasteiger partial charge in [0.05, 0.1) is 0 Å². The largest absolute Gasteiger partial charge is 0.312 e. The lowest BCUT2D eigenvalue weighted by Crippen LogP contribution is -2.61. The summed E-state index contributed by atoms with van der Waals surface area (Å²) in [6.07, 6.45) is 5.28. The van der Waals surface area contributed by atoms with Gasteiger partial charge in [0.15, 0.2) is 0 Å². The molecule has 1 fully saturated rings. The summed E-state index contributed by atoms with van der Waals surface area (Å²) in [7, 11) is 4.37. The van der Waals surface area contributed by atoms with E-state index in [1.165, 1.54) is 25.7 Å². The van der Waals surface area contributed by atoms with Crippen molar-refractivity contribution in [3.63, 3.8) is 0 Å². The Balaban J connectivity index is 2.86. The molecule has 126 valence electrons. The van der Waals surface area contributed by atoms with Crippen LogP contribution < -0.4 is 5.32 Å². The Hall–Kier alpha value is -0.120. The van der Waals surface area contributed by atoms with Crippen molar-refractivity contribution in [2.45, 2.75) is 78.4 Å². The molecule has 0 spiro atoms. The molecule has 0 aromatic rings. The molecule has 1 saturated carbocycles. The van der Waals surface area contributed by atoms with Gasteiger partial charge in [0, 0.05) is 24.7 Å². The normalized spacial score (nSPS) is 27.3. The average molecular weight is 298 g/mol. The molecule has 3 unspecified atom stereocenters. The predicted molar refractivity (Wildman–Crippen MR) is 93.9 cm³/mol. The summed E-state index contributed by atoms with van der Waals surface area (Å²) in [5.74, 6) is 0. The van der Waals surface area contributed by atoms with Crippen LogP contribution in [-0.2, 0) is 0 Å². The molecule has 21 heavy (non-hydrogen) atoms. The zero-order valence-electron chi connectivity index (χ0n) is 15.6. The molecule has 0 heterocycles. The van der Waals surface area contributed by atoms with Gasteiger partial charge in [-0.1, -0.05) is 34.1 Å². The van der Waals surface area contributed by atoms with Gasteiger partial charge >= 0.3 is 0 Å². The van der Waals surface area contributed by atoms with Crippen LogP contribution in [0.3, 0.4) is 0 Å². The second-order valence-corrected chi connectivity index (χ2v) is 7.82. The van der Waals surface area contributed by atoms with Crippen LogP contribution in [0.5, 0.6) is 0 Å². The highest BCUT2D eigenvalue weighted by atomic mass is 15.2. The Kier molecular flexibility index (Phi) is 7.66. The minimum atomic E-state index is 0.406. The maximum absolute atomic E-state index is 3.88. The molecule has 0 saturated heterocycles. The standard InChI is InChI=1S/C18H39N3/c1-8-13-19-17-16(11-10-12-18(17,4)5)21(9-2)15(3)14-20(6)7/h15-17,19H,8-14H2,1-7H3. The van der Waals surface area contributed by atoms with E-state index in [0.29, 0.717) is 23.5 Å². The van der Waals surface area contributed by atoms with Crippen molar-refractivity contribution in [3.8, 4) is 0 Å². The summed E-state index contributed by atoms with van der Waals surface area (Å²) < 4.78 is 0. The second-order valence-electron chi connectivity index (χ2n) is 7.82. The summed E-state index contributed by atoms with van der Waals surface area (Å²) >= 11 is 0. The zero-order valence-corrected chi connectivity index (χ0v) is 15.6. The number of hydrogen-bond acceptors (Lipinski definition) is 3. The maximum atomic E-state index is 3.88. The van der Waals surface area contributed by atoms with Gasteiger partial charge < -0.3 is 10.2 Å². The van der Waals surface area contributed by atoms with Crippen molar-refractivity contribution in [2.75, 3.05) is 33.7 Å². The van der Waals surface area contributed by atoms with Gasteiger partial charge in [0.1, 0.15) is 0 Å². The number of rotatable bonds is 8. The lowest BCUT2D eigenvalue weighted by Gasteiger charge is -2.50. The van der Waals surface area contributed by atoms with Crippen molar-refractivity contribution in [1.29, 1.82) is 0 Å². The van der Waals surface area contributed by atoms with Crippen LogP contribution in [0.2, 0.25) is 0 Å². The maximum Gasteiger partial charge on any atom is 0.0274 e. The number of nitrogens with zero attached hydrogens (tertiary/aromatic N) is 2.